The molecule has 8 heteroatoms. The minimum absolute atomic E-state index is 0.0861. The second-order valence-electron chi connectivity index (χ2n) is 8.51. The number of aliphatic carboxylic acids is 1. The molecule has 1 aliphatic carbocycles. The van der Waals surface area contributed by atoms with Crippen molar-refractivity contribution >= 4 is 29.7 Å². The summed E-state index contributed by atoms with van der Waals surface area (Å²) < 4.78 is 5.58. The Kier molecular flexibility index (Phi) is 8.98. The predicted octanol–water partition coefficient (Wildman–Crippen LogP) is 4.26. The van der Waals surface area contributed by atoms with Crippen molar-refractivity contribution < 1.29 is 24.2 Å². The molecule has 0 bridgehead atoms. The Hall–Kier alpha value is -3.00. The monoisotopic (exact) mass is 484 g/mol. The molecule has 0 spiro atoms. The fraction of sp³-hybridized carbons (Fsp3) is 0.423. The zero-order chi connectivity index (χ0) is 24.7. The van der Waals surface area contributed by atoms with E-state index >= 15 is 0 Å². The van der Waals surface area contributed by atoms with Gasteiger partial charge in [0.1, 0.15) is 18.7 Å². The molecule has 0 aromatic heterocycles. The Morgan fingerprint density at radius 3 is 2.15 bits per heavy atom. The lowest BCUT2D eigenvalue weighted by Gasteiger charge is -2.25. The van der Waals surface area contributed by atoms with E-state index in [1.807, 2.05) is 56.5 Å². The molecule has 1 unspecified atom stereocenters. The van der Waals surface area contributed by atoms with E-state index < -0.39 is 30.1 Å². The van der Waals surface area contributed by atoms with Crippen LogP contribution in [-0.2, 0) is 14.3 Å². The molecule has 2 aromatic carbocycles. The smallest absolute Gasteiger partial charge is 0.407 e. The lowest BCUT2D eigenvalue weighted by Crippen LogP contribution is -2.54. The van der Waals surface area contributed by atoms with E-state index in [2.05, 4.69) is 22.8 Å². The Bertz CT molecular complexity index is 982. The summed E-state index contributed by atoms with van der Waals surface area (Å²) in [6.45, 7) is 3.89. The Balaban J connectivity index is 1.66. The van der Waals surface area contributed by atoms with Gasteiger partial charge in [0.15, 0.2) is 0 Å². The van der Waals surface area contributed by atoms with E-state index in [0.717, 1.165) is 22.3 Å². The number of rotatable bonds is 11. The number of carbonyl (C=O) groups is 3. The van der Waals surface area contributed by atoms with Crippen LogP contribution in [0, 0.1) is 5.92 Å². The minimum atomic E-state index is -1.09. The largest absolute Gasteiger partial charge is 0.480 e. The fourth-order valence-corrected chi connectivity index (χ4v) is 4.69. The first-order chi connectivity index (χ1) is 16.4. The summed E-state index contributed by atoms with van der Waals surface area (Å²) in [5, 5.41) is 14.7. The predicted molar refractivity (Wildman–Crippen MR) is 134 cm³/mol. The van der Waals surface area contributed by atoms with Crippen molar-refractivity contribution in [2.45, 2.75) is 44.7 Å². The van der Waals surface area contributed by atoms with Crippen molar-refractivity contribution in [3.05, 3.63) is 59.7 Å². The van der Waals surface area contributed by atoms with E-state index in [-0.39, 0.29) is 18.4 Å². The summed E-state index contributed by atoms with van der Waals surface area (Å²) in [7, 11) is 0. The zero-order valence-corrected chi connectivity index (χ0v) is 20.6. The first-order valence-electron chi connectivity index (χ1n) is 11.5. The maximum atomic E-state index is 12.9. The van der Waals surface area contributed by atoms with E-state index in [0.29, 0.717) is 18.6 Å². The average molecular weight is 485 g/mol. The molecule has 7 nitrogen and oxygen atoms in total. The van der Waals surface area contributed by atoms with Gasteiger partial charge >= 0.3 is 12.1 Å². The highest BCUT2D eigenvalue weighted by molar-refractivity contribution is 7.98. The van der Waals surface area contributed by atoms with Gasteiger partial charge in [-0.15, -0.1) is 0 Å². The fourth-order valence-electron chi connectivity index (χ4n) is 4.22. The minimum Gasteiger partial charge on any atom is -0.480 e. The van der Waals surface area contributed by atoms with Crippen molar-refractivity contribution in [3.8, 4) is 11.1 Å². The number of amides is 2. The van der Waals surface area contributed by atoms with Crippen LogP contribution in [-0.4, -0.2) is 53.8 Å². The molecule has 182 valence electrons. The third-order valence-corrected chi connectivity index (χ3v) is 6.98. The molecule has 2 aromatic rings. The maximum absolute atomic E-state index is 12.9. The quantitative estimate of drug-likeness (QED) is 0.440. The lowest BCUT2D eigenvalue weighted by atomic mass is 9.97. The highest BCUT2D eigenvalue weighted by Gasteiger charge is 2.32. The maximum Gasteiger partial charge on any atom is 0.407 e. The van der Waals surface area contributed by atoms with E-state index in [1.165, 1.54) is 11.8 Å². The summed E-state index contributed by atoms with van der Waals surface area (Å²) in [6.07, 6.45) is 2.12. The van der Waals surface area contributed by atoms with Crippen LogP contribution in [0.5, 0.6) is 0 Å². The average Bonchev–Trinajstić information content (AvgIpc) is 3.16. The standard InChI is InChI=1S/C26H32N2O5S/c1-4-16(2)23(24(29)27-22(25(30)31)13-14-34-3)28-26(32)33-15-21-19-11-7-5-9-17(19)18-10-6-8-12-20(18)21/h5-12,16,21-23H,4,13-15H2,1-3H3,(H,27,29)(H,28,32)(H,30,31)/t16?,22-,23-/m0/s1. The number of ether oxygens (including phenoxy) is 1. The topological polar surface area (TPSA) is 105 Å². The molecule has 0 saturated heterocycles. The van der Waals surface area contributed by atoms with Gasteiger partial charge in [0, 0.05) is 5.92 Å². The van der Waals surface area contributed by atoms with Crippen LogP contribution in [0.3, 0.4) is 0 Å². The molecule has 3 atom stereocenters. The van der Waals surface area contributed by atoms with E-state index in [1.54, 1.807) is 0 Å². The highest BCUT2D eigenvalue weighted by atomic mass is 32.2. The number of hydrogen-bond acceptors (Lipinski definition) is 5. The van der Waals surface area contributed by atoms with Crippen molar-refractivity contribution in [2.75, 3.05) is 18.6 Å². The number of thioether (sulfide) groups is 1. The number of carbonyl (C=O) groups excluding carboxylic acids is 2. The molecule has 2 amide bonds. The number of carboxylic acid groups (broad SMARTS) is 1. The molecule has 0 heterocycles. The molecular weight excluding hydrogens is 452 g/mol. The van der Waals surface area contributed by atoms with Crippen molar-refractivity contribution in [3.63, 3.8) is 0 Å². The second-order valence-corrected chi connectivity index (χ2v) is 9.50. The normalized spacial score (nSPS) is 14.9. The summed E-state index contributed by atoms with van der Waals surface area (Å²) in [5.74, 6) is -1.29. The van der Waals surface area contributed by atoms with Gasteiger partial charge in [0.05, 0.1) is 0 Å². The van der Waals surface area contributed by atoms with Crippen LogP contribution >= 0.6 is 11.8 Å². The molecule has 3 N–H and O–H groups in total. The Labute approximate surface area is 204 Å². The number of carboxylic acids is 1. The zero-order valence-electron chi connectivity index (χ0n) is 19.7. The van der Waals surface area contributed by atoms with Gasteiger partial charge < -0.3 is 20.5 Å². The number of fused-ring (bicyclic) bond motifs is 3. The summed E-state index contributed by atoms with van der Waals surface area (Å²) >= 11 is 1.51. The van der Waals surface area contributed by atoms with Crippen molar-refractivity contribution in [2.24, 2.45) is 5.92 Å². The van der Waals surface area contributed by atoms with Gasteiger partial charge in [-0.1, -0.05) is 68.8 Å². The van der Waals surface area contributed by atoms with Gasteiger partial charge in [0.2, 0.25) is 5.91 Å². The molecule has 3 rings (SSSR count). The Morgan fingerprint density at radius 2 is 1.62 bits per heavy atom. The van der Waals surface area contributed by atoms with Gasteiger partial charge in [-0.3, -0.25) is 4.79 Å². The van der Waals surface area contributed by atoms with Crippen LogP contribution in [0.25, 0.3) is 11.1 Å². The molecule has 1 aliphatic rings. The van der Waals surface area contributed by atoms with Crippen molar-refractivity contribution in [1.29, 1.82) is 0 Å². The molecule has 0 radical (unpaired) electrons. The summed E-state index contributed by atoms with van der Waals surface area (Å²) in [5.41, 5.74) is 4.47. The first kappa shape index (κ1) is 25.6. The third-order valence-electron chi connectivity index (χ3n) is 6.34. The number of hydrogen-bond donors (Lipinski definition) is 3. The molecule has 0 fully saturated rings. The van der Waals surface area contributed by atoms with Crippen LogP contribution in [0.4, 0.5) is 4.79 Å². The van der Waals surface area contributed by atoms with Crippen LogP contribution in [0.2, 0.25) is 0 Å². The third kappa shape index (κ3) is 5.91. The summed E-state index contributed by atoms with van der Waals surface area (Å²) in [4.78, 5) is 37.2. The van der Waals surface area contributed by atoms with Crippen LogP contribution in [0.1, 0.15) is 43.7 Å². The van der Waals surface area contributed by atoms with Gasteiger partial charge in [0.25, 0.3) is 0 Å². The number of nitrogens with one attached hydrogen (secondary N) is 2. The van der Waals surface area contributed by atoms with Crippen LogP contribution < -0.4 is 10.6 Å². The van der Waals surface area contributed by atoms with Gasteiger partial charge in [-0.25, -0.2) is 9.59 Å². The second kappa shape index (κ2) is 11.9. The van der Waals surface area contributed by atoms with Crippen molar-refractivity contribution in [1.82, 2.24) is 10.6 Å². The molecule has 34 heavy (non-hydrogen) atoms. The van der Waals surface area contributed by atoms with E-state index in [9.17, 15) is 19.5 Å². The Morgan fingerprint density at radius 1 is 1.03 bits per heavy atom. The molecular formula is C26H32N2O5S. The van der Waals surface area contributed by atoms with Gasteiger partial charge in [-0.05, 0) is 46.6 Å². The highest BCUT2D eigenvalue weighted by Crippen LogP contribution is 2.44. The SMILES string of the molecule is CCC(C)[C@H](NC(=O)OCC1c2ccccc2-c2ccccc21)C(=O)N[C@@H](CCSC)C(=O)O. The van der Waals surface area contributed by atoms with E-state index in [4.69, 9.17) is 4.74 Å². The first-order valence-corrected chi connectivity index (χ1v) is 12.9. The number of benzene rings is 2. The van der Waals surface area contributed by atoms with Gasteiger partial charge in [-0.2, -0.15) is 11.8 Å². The molecule has 0 aliphatic heterocycles. The lowest BCUT2D eigenvalue weighted by molar-refractivity contribution is -0.142. The molecule has 0 saturated carbocycles. The van der Waals surface area contributed by atoms with Crippen LogP contribution in [0.15, 0.2) is 48.5 Å². The summed E-state index contributed by atoms with van der Waals surface area (Å²) in [6, 6.07) is 14.2. The number of alkyl carbamates (subject to hydrolysis) is 1.